The number of rotatable bonds is 2. The summed E-state index contributed by atoms with van der Waals surface area (Å²) in [6.07, 6.45) is -1.05. The summed E-state index contributed by atoms with van der Waals surface area (Å²) in [5, 5.41) is 6.86. The average Bonchev–Trinajstić information content (AvgIpc) is 3.15. The Morgan fingerprint density at radius 2 is 1.88 bits per heavy atom. The van der Waals surface area contributed by atoms with Gasteiger partial charge in [-0.15, -0.1) is 24.8 Å². The highest BCUT2D eigenvalue weighted by atomic mass is 35.5. The fourth-order valence-corrected chi connectivity index (χ4v) is 3.70. The van der Waals surface area contributed by atoms with Gasteiger partial charge in [-0.2, -0.15) is 18.3 Å². The standard InChI is InChI=1S/C15H21F3N4O.2ClH/c1-21-13(2-5-20-21)10-3-6-22(7-4-10)14(23)11-8-19-9-12(11)15(16,17)18;;/h2,5,10-12,19H,3-4,6-9H2,1H3;2*1H/t11-,12-;;/m1../s1. The van der Waals surface area contributed by atoms with Crippen molar-refractivity contribution >= 4 is 30.7 Å². The zero-order valence-electron chi connectivity index (χ0n) is 13.8. The Bertz CT molecular complexity index is 573. The molecular formula is C15H23Cl2F3N4O. The van der Waals surface area contributed by atoms with Crippen LogP contribution >= 0.6 is 24.8 Å². The Morgan fingerprint density at radius 1 is 1.24 bits per heavy atom. The van der Waals surface area contributed by atoms with Gasteiger partial charge in [0.25, 0.3) is 0 Å². The highest BCUT2D eigenvalue weighted by Crippen LogP contribution is 2.36. The number of piperidine rings is 1. The molecule has 144 valence electrons. The van der Waals surface area contributed by atoms with Crippen LogP contribution in [0.15, 0.2) is 12.3 Å². The van der Waals surface area contributed by atoms with Crippen molar-refractivity contribution in [3.8, 4) is 0 Å². The highest BCUT2D eigenvalue weighted by molar-refractivity contribution is 5.85. The van der Waals surface area contributed by atoms with Crippen LogP contribution < -0.4 is 5.32 Å². The Kier molecular flexibility index (Phi) is 7.58. The quantitative estimate of drug-likeness (QED) is 0.825. The van der Waals surface area contributed by atoms with Gasteiger partial charge in [-0.05, 0) is 18.9 Å². The molecule has 0 bridgehead atoms. The summed E-state index contributed by atoms with van der Waals surface area (Å²) in [6.45, 7) is 0.974. The summed E-state index contributed by atoms with van der Waals surface area (Å²) in [7, 11) is 1.88. The molecule has 0 aromatic carbocycles. The number of nitrogens with zero attached hydrogens (tertiary/aromatic N) is 3. The average molecular weight is 403 g/mol. The zero-order chi connectivity index (χ0) is 16.6. The summed E-state index contributed by atoms with van der Waals surface area (Å²) in [5.74, 6) is -2.60. The van der Waals surface area contributed by atoms with Gasteiger partial charge in [-0.3, -0.25) is 9.48 Å². The van der Waals surface area contributed by atoms with Crippen LogP contribution in [0.25, 0.3) is 0 Å². The molecule has 0 aliphatic carbocycles. The summed E-state index contributed by atoms with van der Waals surface area (Å²) in [5.41, 5.74) is 1.12. The molecule has 1 N–H and O–H groups in total. The molecule has 3 rings (SSSR count). The Balaban J connectivity index is 0.00000156. The summed E-state index contributed by atoms with van der Waals surface area (Å²) in [4.78, 5) is 14.1. The third-order valence-electron chi connectivity index (χ3n) is 5.04. The summed E-state index contributed by atoms with van der Waals surface area (Å²) >= 11 is 0. The Labute approximate surface area is 157 Å². The van der Waals surface area contributed by atoms with E-state index in [1.54, 1.807) is 11.1 Å². The monoisotopic (exact) mass is 402 g/mol. The number of hydrogen-bond donors (Lipinski definition) is 1. The van der Waals surface area contributed by atoms with E-state index in [9.17, 15) is 18.0 Å². The molecule has 5 nitrogen and oxygen atoms in total. The molecule has 0 saturated carbocycles. The first-order valence-corrected chi connectivity index (χ1v) is 7.92. The number of likely N-dealkylation sites (tertiary alicyclic amines) is 1. The second-order valence-electron chi connectivity index (χ2n) is 6.39. The van der Waals surface area contributed by atoms with E-state index in [1.807, 2.05) is 17.8 Å². The van der Waals surface area contributed by atoms with Gasteiger partial charge in [0.15, 0.2) is 0 Å². The molecule has 0 spiro atoms. The molecule has 2 aliphatic rings. The van der Waals surface area contributed by atoms with Crippen molar-refractivity contribution in [2.45, 2.75) is 24.9 Å². The molecule has 3 heterocycles. The fourth-order valence-electron chi connectivity index (χ4n) is 3.70. The molecule has 2 saturated heterocycles. The number of amides is 1. The first-order valence-electron chi connectivity index (χ1n) is 7.92. The third-order valence-corrected chi connectivity index (χ3v) is 5.04. The molecule has 2 fully saturated rings. The zero-order valence-corrected chi connectivity index (χ0v) is 15.5. The van der Waals surface area contributed by atoms with Crippen LogP contribution in [0.1, 0.15) is 24.5 Å². The number of hydrogen-bond acceptors (Lipinski definition) is 3. The van der Waals surface area contributed by atoms with E-state index in [1.165, 1.54) is 0 Å². The van der Waals surface area contributed by atoms with Gasteiger partial charge in [-0.1, -0.05) is 0 Å². The molecule has 0 unspecified atom stereocenters. The largest absolute Gasteiger partial charge is 0.393 e. The summed E-state index contributed by atoms with van der Waals surface area (Å²) < 4.78 is 40.9. The van der Waals surface area contributed by atoms with Gasteiger partial charge < -0.3 is 10.2 Å². The first-order chi connectivity index (χ1) is 10.9. The van der Waals surface area contributed by atoms with E-state index in [4.69, 9.17) is 0 Å². The summed E-state index contributed by atoms with van der Waals surface area (Å²) in [6, 6.07) is 1.96. The fraction of sp³-hybridized carbons (Fsp3) is 0.733. The van der Waals surface area contributed by atoms with Gasteiger partial charge >= 0.3 is 6.18 Å². The lowest BCUT2D eigenvalue weighted by Crippen LogP contribution is -2.45. The molecule has 25 heavy (non-hydrogen) atoms. The van der Waals surface area contributed by atoms with Gasteiger partial charge in [-0.25, -0.2) is 0 Å². The molecule has 1 aromatic heterocycles. The second kappa shape index (κ2) is 8.60. The van der Waals surface area contributed by atoms with E-state index < -0.39 is 18.0 Å². The van der Waals surface area contributed by atoms with Crippen molar-refractivity contribution in [2.24, 2.45) is 18.9 Å². The van der Waals surface area contributed by atoms with Crippen LogP contribution in [0, 0.1) is 11.8 Å². The van der Waals surface area contributed by atoms with Crippen LogP contribution in [0.5, 0.6) is 0 Å². The molecule has 10 heteroatoms. The predicted octanol–water partition coefficient (Wildman–Crippen LogP) is 2.37. The van der Waals surface area contributed by atoms with E-state index in [0.29, 0.717) is 19.0 Å². The third kappa shape index (κ3) is 4.60. The van der Waals surface area contributed by atoms with E-state index in [-0.39, 0.29) is 43.8 Å². The highest BCUT2D eigenvalue weighted by Gasteiger charge is 2.50. The topological polar surface area (TPSA) is 50.2 Å². The lowest BCUT2D eigenvalue weighted by molar-refractivity contribution is -0.185. The van der Waals surface area contributed by atoms with Crippen molar-refractivity contribution in [1.82, 2.24) is 20.0 Å². The van der Waals surface area contributed by atoms with Crippen molar-refractivity contribution in [2.75, 3.05) is 26.2 Å². The van der Waals surface area contributed by atoms with Gasteiger partial charge in [0, 0.05) is 51.0 Å². The molecule has 0 radical (unpaired) electrons. The Morgan fingerprint density at radius 3 is 2.40 bits per heavy atom. The smallest absolute Gasteiger partial charge is 0.342 e. The minimum absolute atomic E-state index is 0. The van der Waals surface area contributed by atoms with Gasteiger partial charge in [0.2, 0.25) is 5.91 Å². The maximum absolute atomic E-state index is 13.0. The van der Waals surface area contributed by atoms with Gasteiger partial charge in [0.1, 0.15) is 0 Å². The lowest BCUT2D eigenvalue weighted by atomic mass is 9.90. The van der Waals surface area contributed by atoms with E-state index in [2.05, 4.69) is 10.4 Å². The number of aryl methyl sites for hydroxylation is 1. The molecule has 1 aromatic rings. The second-order valence-corrected chi connectivity index (χ2v) is 6.39. The first kappa shape index (κ1) is 22.1. The molecule has 2 atom stereocenters. The number of carbonyl (C=O) groups excluding carboxylic acids is 1. The van der Waals surface area contributed by atoms with Crippen LogP contribution in [-0.4, -0.2) is 52.9 Å². The molecular weight excluding hydrogens is 380 g/mol. The normalized spacial score (nSPS) is 24.6. The molecule has 1 amide bonds. The predicted molar refractivity (Wildman–Crippen MR) is 92.2 cm³/mol. The Hall–Kier alpha value is -0.990. The van der Waals surface area contributed by atoms with Crippen molar-refractivity contribution in [3.63, 3.8) is 0 Å². The minimum Gasteiger partial charge on any atom is -0.342 e. The van der Waals surface area contributed by atoms with Crippen LogP contribution in [0.2, 0.25) is 0 Å². The lowest BCUT2D eigenvalue weighted by Gasteiger charge is -2.34. The number of carbonyl (C=O) groups is 1. The van der Waals surface area contributed by atoms with E-state index >= 15 is 0 Å². The minimum atomic E-state index is -4.32. The number of aromatic nitrogens is 2. The maximum atomic E-state index is 13.0. The van der Waals surface area contributed by atoms with Crippen LogP contribution in [0.3, 0.4) is 0 Å². The van der Waals surface area contributed by atoms with Crippen molar-refractivity contribution in [1.29, 1.82) is 0 Å². The number of halogens is 5. The van der Waals surface area contributed by atoms with E-state index in [0.717, 1.165) is 18.5 Å². The van der Waals surface area contributed by atoms with Gasteiger partial charge in [0.05, 0.1) is 11.8 Å². The number of alkyl halides is 3. The van der Waals surface area contributed by atoms with Crippen LogP contribution in [-0.2, 0) is 11.8 Å². The van der Waals surface area contributed by atoms with Crippen LogP contribution in [0.4, 0.5) is 13.2 Å². The number of nitrogens with one attached hydrogen (secondary N) is 1. The van der Waals surface area contributed by atoms with Crippen molar-refractivity contribution < 1.29 is 18.0 Å². The maximum Gasteiger partial charge on any atom is 0.393 e. The van der Waals surface area contributed by atoms with Crippen molar-refractivity contribution in [3.05, 3.63) is 18.0 Å². The SMILES string of the molecule is Cl.Cl.Cn1nccc1C1CCN(C(=O)[C@@H]2CNC[C@H]2C(F)(F)F)CC1. The molecule has 2 aliphatic heterocycles.